The third-order valence-electron chi connectivity index (χ3n) is 14.5. The van der Waals surface area contributed by atoms with Crippen LogP contribution in [-0.4, -0.2) is 111 Å². The number of fused-ring (bicyclic) bond motifs is 4. The summed E-state index contributed by atoms with van der Waals surface area (Å²) in [5.41, 5.74) is 18.7. The predicted molar refractivity (Wildman–Crippen MR) is 315 cm³/mol. The quantitative estimate of drug-likeness (QED) is 0.0267. The van der Waals surface area contributed by atoms with Gasteiger partial charge in [-0.1, -0.05) is 32.4 Å². The SMILES string of the molecule is CC[C@H](C)[C@@H]1NC(=O)c2cc(NC(=O)CNC(=O)C3CCN(c4nc(Cl)nc(Nc5ccc(-c6c7ccc(=O)cc-7oc7cc(O)ccc67)c(C(=O)O)c5)n4)CC3)ccc2OCc2ccc(C(N)=O)cc2NC(=O)[C@H](CCCN=C(N)N)NC1=O. The highest BCUT2D eigenvalue weighted by Gasteiger charge is 2.33. The number of nitrogens with two attached hydrogens (primary N) is 3. The van der Waals surface area contributed by atoms with Gasteiger partial charge >= 0.3 is 5.97 Å². The van der Waals surface area contributed by atoms with Gasteiger partial charge in [-0.3, -0.25) is 38.6 Å². The monoisotopic (exact) mass is 1180 g/mol. The third-order valence-corrected chi connectivity index (χ3v) is 14.7. The highest BCUT2D eigenvalue weighted by atomic mass is 35.5. The number of ether oxygens (including phenoxy) is 1. The summed E-state index contributed by atoms with van der Waals surface area (Å²) in [7, 11) is 0. The summed E-state index contributed by atoms with van der Waals surface area (Å²) < 4.78 is 12.1. The van der Waals surface area contributed by atoms with Crippen LogP contribution in [0.5, 0.6) is 11.5 Å². The van der Waals surface area contributed by atoms with Gasteiger partial charge in [0.1, 0.15) is 41.5 Å². The Balaban J connectivity index is 0.849. The standard InChI is InChI=1S/C58H59ClN14O12/c1-3-28(2)48-53(81)67-41(5-4-18-63-56(61)62)52(80)68-42-21-30(49(60)77)6-7-31(42)27-84-43-15-9-32(23-40(43)51(79)69-48)65-46(76)26-64-50(78)29-16-19-73(20-17-29)58-71-55(59)70-57(72-58)66-33-8-12-36(39(22-33)54(82)83)47-37-13-10-34(74)24-44(37)85-45-25-35(75)11-14-38(45)47/h6-15,21-25,28-29,41,48,74H,3-5,16-20,26-27H2,1-2H3,(H2,60,77)(H,64,78)(H,65,76)(H,67,81)(H,68,80)(H,69,79)(H,82,83)(H4,61,62,63)(H,66,70,71,72)/t28-,41-,48-/m0/s1. The van der Waals surface area contributed by atoms with E-state index in [1.807, 2.05) is 11.8 Å². The number of carboxylic acid groups (broad SMARTS) is 1. The van der Waals surface area contributed by atoms with Crippen LogP contribution in [0.1, 0.15) is 82.6 Å². The molecule has 14 N–H and O–H groups in total. The normalized spacial score (nSPS) is 16.0. The lowest BCUT2D eigenvalue weighted by molar-refractivity contribution is -0.128. The minimum absolute atomic E-state index is 0.00638. The Morgan fingerprint density at radius 1 is 0.859 bits per heavy atom. The molecule has 26 nitrogen and oxygen atoms in total. The van der Waals surface area contributed by atoms with Crippen molar-refractivity contribution in [3.63, 3.8) is 0 Å². The molecule has 1 aromatic heterocycles. The Morgan fingerprint density at radius 2 is 1.62 bits per heavy atom. The number of guanidine groups is 1. The smallest absolute Gasteiger partial charge is 0.336 e. The number of nitrogens with zero attached hydrogens (tertiary/aromatic N) is 5. The van der Waals surface area contributed by atoms with Crippen molar-refractivity contribution >= 4 is 98.9 Å². The van der Waals surface area contributed by atoms with Gasteiger partial charge in [0.05, 0.1) is 17.7 Å². The summed E-state index contributed by atoms with van der Waals surface area (Å²) >= 11 is 6.40. The number of aromatic nitrogens is 3. The lowest BCUT2D eigenvalue weighted by atomic mass is 9.90. The number of carbonyl (C=O) groups is 7. The maximum Gasteiger partial charge on any atom is 0.336 e. The van der Waals surface area contributed by atoms with Crippen LogP contribution >= 0.6 is 11.6 Å². The Labute approximate surface area is 489 Å². The summed E-state index contributed by atoms with van der Waals surface area (Å²) in [5.74, 6) is -5.76. The number of halogens is 1. The molecule has 4 heterocycles. The first-order chi connectivity index (χ1) is 40.7. The molecule has 27 heteroatoms. The molecule has 0 bridgehead atoms. The number of nitrogens with one attached hydrogen (secondary N) is 6. The molecule has 9 rings (SSSR count). The number of aromatic carboxylic acids is 1. The molecule has 440 valence electrons. The number of amides is 6. The molecule has 4 aromatic carbocycles. The van der Waals surface area contributed by atoms with Gasteiger partial charge in [0, 0.05) is 82.4 Å². The molecule has 1 fully saturated rings. The lowest BCUT2D eigenvalue weighted by Crippen LogP contribution is -2.55. The number of piperidine rings is 1. The van der Waals surface area contributed by atoms with Crippen molar-refractivity contribution in [3.8, 4) is 33.9 Å². The minimum Gasteiger partial charge on any atom is -0.508 e. The first kappa shape index (κ1) is 59.3. The number of primary amides is 1. The number of aromatic hydroxyl groups is 1. The number of rotatable bonds is 16. The van der Waals surface area contributed by atoms with E-state index in [0.717, 1.165) is 0 Å². The second-order valence-electron chi connectivity index (χ2n) is 20.3. The number of benzene rings is 5. The molecular formula is C58H59ClN14O12. The highest BCUT2D eigenvalue weighted by Crippen LogP contribution is 2.43. The zero-order valence-corrected chi connectivity index (χ0v) is 46.6. The number of hydrogen-bond acceptors (Lipinski definition) is 17. The Morgan fingerprint density at radius 3 is 2.36 bits per heavy atom. The summed E-state index contributed by atoms with van der Waals surface area (Å²) in [6, 6.07) is 19.6. The van der Waals surface area contributed by atoms with E-state index in [2.05, 4.69) is 51.8 Å². The number of phenolic OH excluding ortho intramolecular Hbond substituents is 1. The van der Waals surface area contributed by atoms with E-state index in [4.69, 9.17) is 38.0 Å². The van der Waals surface area contributed by atoms with Crippen molar-refractivity contribution in [3.05, 3.63) is 129 Å². The van der Waals surface area contributed by atoms with Crippen molar-refractivity contribution in [2.24, 2.45) is 34.0 Å². The van der Waals surface area contributed by atoms with Gasteiger partial charge in [-0.15, -0.1) is 0 Å². The lowest BCUT2D eigenvalue weighted by Gasteiger charge is -2.31. The predicted octanol–water partition coefficient (Wildman–Crippen LogP) is 4.83. The van der Waals surface area contributed by atoms with Crippen molar-refractivity contribution < 1.29 is 52.9 Å². The van der Waals surface area contributed by atoms with Crippen LogP contribution in [0.4, 0.5) is 29.0 Å². The van der Waals surface area contributed by atoms with E-state index >= 15 is 0 Å². The van der Waals surface area contributed by atoms with Gasteiger partial charge in [0.2, 0.25) is 46.7 Å². The molecule has 0 saturated carbocycles. The number of aliphatic imine (C=N–C) groups is 1. The summed E-state index contributed by atoms with van der Waals surface area (Å²) in [4.78, 5) is 125. The van der Waals surface area contributed by atoms with Crippen molar-refractivity contribution in [2.45, 2.75) is 64.6 Å². The molecule has 0 radical (unpaired) electrons. The van der Waals surface area contributed by atoms with Crippen molar-refractivity contribution in [1.82, 2.24) is 30.9 Å². The summed E-state index contributed by atoms with van der Waals surface area (Å²) in [5, 5.41) is 37.8. The molecule has 3 aliphatic heterocycles. The van der Waals surface area contributed by atoms with Crippen LogP contribution in [0.15, 0.2) is 105 Å². The zero-order chi connectivity index (χ0) is 60.6. The molecule has 6 amide bonds. The first-order valence-corrected chi connectivity index (χ1v) is 27.3. The average molecular weight is 1180 g/mol. The number of carbonyl (C=O) groups excluding carboxylic acids is 6. The summed E-state index contributed by atoms with van der Waals surface area (Å²) in [6.45, 7) is 3.72. The minimum atomic E-state index is -1.26. The highest BCUT2D eigenvalue weighted by molar-refractivity contribution is 6.28. The van der Waals surface area contributed by atoms with E-state index in [9.17, 15) is 48.6 Å². The fraction of sp³-hybridized carbons (Fsp3) is 0.276. The molecule has 1 saturated heterocycles. The van der Waals surface area contributed by atoms with E-state index < -0.39 is 66.0 Å². The molecule has 0 unspecified atom stereocenters. The number of phenols is 1. The zero-order valence-electron chi connectivity index (χ0n) is 45.9. The van der Waals surface area contributed by atoms with Crippen molar-refractivity contribution in [1.29, 1.82) is 0 Å². The van der Waals surface area contributed by atoms with Crippen LogP contribution in [0.2, 0.25) is 5.28 Å². The number of carboxylic acids is 1. The van der Waals surface area contributed by atoms with Crippen LogP contribution in [0.25, 0.3) is 33.4 Å². The van der Waals surface area contributed by atoms with Crippen LogP contribution in [0, 0.1) is 11.8 Å². The van der Waals surface area contributed by atoms with E-state index in [-0.39, 0.29) is 111 Å². The first-order valence-electron chi connectivity index (χ1n) is 27.0. The van der Waals surface area contributed by atoms with Gasteiger partial charge in [0.25, 0.3) is 5.91 Å². The Kier molecular flexibility index (Phi) is 18.0. The van der Waals surface area contributed by atoms with Crippen LogP contribution in [-0.2, 0) is 25.8 Å². The number of anilines is 5. The van der Waals surface area contributed by atoms with Crippen LogP contribution < -0.4 is 64.2 Å². The van der Waals surface area contributed by atoms with Gasteiger partial charge in [-0.05, 0) is 115 Å². The average Bonchev–Trinajstić information content (AvgIpc) is 2.17. The van der Waals surface area contributed by atoms with E-state index in [0.29, 0.717) is 65.7 Å². The second-order valence-corrected chi connectivity index (χ2v) is 20.7. The van der Waals surface area contributed by atoms with E-state index in [1.165, 1.54) is 66.7 Å². The van der Waals surface area contributed by atoms with Gasteiger partial charge in [-0.25, -0.2) is 4.79 Å². The third kappa shape index (κ3) is 14.1. The molecular weight excluding hydrogens is 1120 g/mol. The van der Waals surface area contributed by atoms with Crippen molar-refractivity contribution in [2.75, 3.05) is 47.0 Å². The fourth-order valence-corrected chi connectivity index (χ4v) is 10.1. The second kappa shape index (κ2) is 25.8. The van der Waals surface area contributed by atoms with Gasteiger partial charge in [-0.2, -0.15) is 15.0 Å². The molecule has 5 aromatic rings. The largest absolute Gasteiger partial charge is 0.508 e. The van der Waals surface area contributed by atoms with Gasteiger partial charge < -0.3 is 73.4 Å². The molecule has 3 atom stereocenters. The summed E-state index contributed by atoms with van der Waals surface area (Å²) in [6.07, 6.45) is 1.51. The van der Waals surface area contributed by atoms with E-state index in [1.54, 1.807) is 31.2 Å². The van der Waals surface area contributed by atoms with Crippen LogP contribution in [0.3, 0.4) is 0 Å². The fourth-order valence-electron chi connectivity index (χ4n) is 9.90. The topological polar surface area (TPSA) is 404 Å². The maximum absolute atomic E-state index is 14.3. The molecule has 4 aliphatic rings. The molecule has 1 aliphatic carbocycles. The van der Waals surface area contributed by atoms with Gasteiger partial charge in [0.15, 0.2) is 11.4 Å². The maximum atomic E-state index is 14.3. The Hall–Kier alpha value is -10.4. The molecule has 85 heavy (non-hydrogen) atoms. The number of hydrogen-bond donors (Lipinski definition) is 11. The molecule has 0 spiro atoms. The Bertz CT molecular complexity index is 3850.